The number of hydrogen-bond donors (Lipinski definition) is 1. The highest BCUT2D eigenvalue weighted by molar-refractivity contribution is 6.22. The summed E-state index contributed by atoms with van der Waals surface area (Å²) < 4.78 is 11.3. The van der Waals surface area contributed by atoms with Crippen LogP contribution in [0.1, 0.15) is 38.8 Å². The van der Waals surface area contributed by atoms with Crippen molar-refractivity contribution in [2.75, 3.05) is 7.11 Å². The van der Waals surface area contributed by atoms with E-state index >= 15 is 0 Å². The van der Waals surface area contributed by atoms with Gasteiger partial charge in [0.1, 0.15) is 12.6 Å². The van der Waals surface area contributed by atoms with Crippen molar-refractivity contribution in [3.05, 3.63) is 95.1 Å². The summed E-state index contributed by atoms with van der Waals surface area (Å²) in [4.78, 5) is 38.9. The highest BCUT2D eigenvalue weighted by Crippen LogP contribution is 2.29. The summed E-state index contributed by atoms with van der Waals surface area (Å²) in [5.74, 6) is -0.200. The fourth-order valence-electron chi connectivity index (χ4n) is 3.69. The quantitative estimate of drug-likeness (QED) is 0.537. The first-order valence-electron chi connectivity index (χ1n) is 10.6. The van der Waals surface area contributed by atoms with Gasteiger partial charge in [0.25, 0.3) is 11.8 Å². The first-order chi connectivity index (χ1) is 16.0. The SMILES string of the molecule is COc1cc(CNC(=O)C(C)N2C(=O)c3ccccc3C2=O)ccc1OCc1ccccc1. The number of nitrogens with one attached hydrogen (secondary N) is 1. The van der Waals surface area contributed by atoms with Gasteiger partial charge in [-0.1, -0.05) is 48.5 Å². The minimum absolute atomic E-state index is 0.210. The van der Waals surface area contributed by atoms with E-state index in [-0.39, 0.29) is 6.54 Å². The zero-order valence-corrected chi connectivity index (χ0v) is 18.4. The number of hydrogen-bond acceptors (Lipinski definition) is 5. The molecule has 7 nitrogen and oxygen atoms in total. The molecule has 1 aliphatic heterocycles. The molecule has 3 aromatic rings. The smallest absolute Gasteiger partial charge is 0.262 e. The number of ether oxygens (including phenoxy) is 2. The predicted octanol–water partition coefficient (Wildman–Crippen LogP) is 3.58. The van der Waals surface area contributed by atoms with Crippen molar-refractivity contribution in [2.45, 2.75) is 26.1 Å². The van der Waals surface area contributed by atoms with Gasteiger partial charge >= 0.3 is 0 Å². The summed E-state index contributed by atoms with van der Waals surface area (Å²) in [7, 11) is 1.55. The standard InChI is InChI=1S/C26H24N2O5/c1-17(28-25(30)20-10-6-7-11-21(20)26(28)31)24(29)27-15-19-12-13-22(23(14-19)32-2)33-16-18-8-4-3-5-9-18/h3-14,17H,15-16H2,1-2H3,(H,27,29). The van der Waals surface area contributed by atoms with Gasteiger partial charge in [0.05, 0.1) is 18.2 Å². The van der Waals surface area contributed by atoms with E-state index in [4.69, 9.17) is 9.47 Å². The molecule has 0 radical (unpaired) electrons. The van der Waals surface area contributed by atoms with Crippen molar-refractivity contribution in [3.63, 3.8) is 0 Å². The van der Waals surface area contributed by atoms with E-state index in [9.17, 15) is 14.4 Å². The van der Waals surface area contributed by atoms with Crippen LogP contribution in [-0.2, 0) is 17.9 Å². The van der Waals surface area contributed by atoms with Gasteiger partial charge in [0, 0.05) is 6.54 Å². The van der Waals surface area contributed by atoms with Gasteiger partial charge in [0.15, 0.2) is 11.5 Å². The van der Waals surface area contributed by atoms with Crippen LogP contribution in [0.25, 0.3) is 0 Å². The Bertz CT molecular complexity index is 1160. The average molecular weight is 444 g/mol. The lowest BCUT2D eigenvalue weighted by Gasteiger charge is -2.21. The van der Waals surface area contributed by atoms with Gasteiger partial charge in [-0.2, -0.15) is 0 Å². The Morgan fingerprint density at radius 3 is 2.15 bits per heavy atom. The number of benzene rings is 3. The maximum absolute atomic E-state index is 12.7. The zero-order valence-electron chi connectivity index (χ0n) is 18.4. The van der Waals surface area contributed by atoms with E-state index in [2.05, 4.69) is 5.32 Å². The molecule has 3 aromatic carbocycles. The Morgan fingerprint density at radius 1 is 0.879 bits per heavy atom. The Labute approximate surface area is 191 Å². The maximum Gasteiger partial charge on any atom is 0.262 e. The predicted molar refractivity (Wildman–Crippen MR) is 122 cm³/mol. The van der Waals surface area contributed by atoms with Gasteiger partial charge in [-0.3, -0.25) is 19.3 Å². The van der Waals surface area contributed by atoms with E-state index in [0.29, 0.717) is 29.2 Å². The van der Waals surface area contributed by atoms with Crippen molar-refractivity contribution >= 4 is 17.7 Å². The van der Waals surface area contributed by atoms with Crippen molar-refractivity contribution in [3.8, 4) is 11.5 Å². The second-order valence-electron chi connectivity index (χ2n) is 7.68. The molecule has 33 heavy (non-hydrogen) atoms. The van der Waals surface area contributed by atoms with Crippen LogP contribution in [0.15, 0.2) is 72.8 Å². The van der Waals surface area contributed by atoms with Crippen LogP contribution < -0.4 is 14.8 Å². The van der Waals surface area contributed by atoms with Crippen LogP contribution in [0.4, 0.5) is 0 Å². The molecule has 0 aliphatic carbocycles. The van der Waals surface area contributed by atoms with Crippen molar-refractivity contribution in [1.29, 1.82) is 0 Å². The number of rotatable bonds is 8. The molecule has 0 bridgehead atoms. The van der Waals surface area contributed by atoms with Crippen molar-refractivity contribution in [2.24, 2.45) is 0 Å². The minimum atomic E-state index is -0.937. The highest BCUT2D eigenvalue weighted by Gasteiger charge is 2.40. The third kappa shape index (κ3) is 4.57. The molecule has 7 heteroatoms. The lowest BCUT2D eigenvalue weighted by Crippen LogP contribution is -2.47. The molecule has 0 saturated heterocycles. The fourth-order valence-corrected chi connectivity index (χ4v) is 3.69. The number of imide groups is 1. The van der Waals surface area contributed by atoms with Crippen LogP contribution in [0, 0.1) is 0 Å². The number of fused-ring (bicyclic) bond motifs is 1. The van der Waals surface area contributed by atoms with Crippen LogP contribution in [-0.4, -0.2) is 35.8 Å². The molecule has 0 aromatic heterocycles. The number of methoxy groups -OCH3 is 1. The third-order valence-electron chi connectivity index (χ3n) is 5.52. The second-order valence-corrected chi connectivity index (χ2v) is 7.68. The topological polar surface area (TPSA) is 84.9 Å². The molecule has 1 aliphatic rings. The Morgan fingerprint density at radius 2 is 1.52 bits per heavy atom. The average Bonchev–Trinajstić information content (AvgIpc) is 3.11. The van der Waals surface area contributed by atoms with Gasteiger partial charge in [-0.05, 0) is 42.3 Å². The Kier molecular flexibility index (Phi) is 6.40. The number of amides is 3. The molecule has 1 unspecified atom stereocenters. The first-order valence-corrected chi connectivity index (χ1v) is 10.6. The normalized spacial score (nSPS) is 13.5. The summed E-state index contributed by atoms with van der Waals surface area (Å²) in [6, 6.07) is 20.8. The molecule has 1 atom stereocenters. The molecular formula is C26H24N2O5. The molecule has 0 spiro atoms. The second kappa shape index (κ2) is 9.56. The molecule has 168 valence electrons. The summed E-state index contributed by atoms with van der Waals surface area (Å²) in [6.45, 7) is 2.16. The Balaban J connectivity index is 1.38. The van der Waals surface area contributed by atoms with Crippen LogP contribution in [0.3, 0.4) is 0 Å². The molecule has 0 fully saturated rings. The number of carbonyl (C=O) groups is 3. The van der Waals surface area contributed by atoms with E-state index in [1.165, 1.54) is 6.92 Å². The van der Waals surface area contributed by atoms with Crippen molar-refractivity contribution < 1.29 is 23.9 Å². The summed E-state index contributed by atoms with van der Waals surface area (Å²) in [6.07, 6.45) is 0. The molecular weight excluding hydrogens is 420 g/mol. The van der Waals surface area contributed by atoms with E-state index in [1.54, 1.807) is 43.5 Å². The van der Waals surface area contributed by atoms with E-state index in [1.807, 2.05) is 36.4 Å². The first kappa shape index (κ1) is 22.1. The fraction of sp³-hybridized carbons (Fsp3) is 0.192. The van der Waals surface area contributed by atoms with Gasteiger partial charge in [-0.25, -0.2) is 0 Å². The summed E-state index contributed by atoms with van der Waals surface area (Å²) >= 11 is 0. The van der Waals surface area contributed by atoms with Crippen LogP contribution in [0.2, 0.25) is 0 Å². The maximum atomic E-state index is 12.7. The lowest BCUT2D eigenvalue weighted by atomic mass is 10.1. The molecule has 3 amide bonds. The van der Waals surface area contributed by atoms with Gasteiger partial charge in [-0.15, -0.1) is 0 Å². The van der Waals surface area contributed by atoms with Crippen LogP contribution >= 0.6 is 0 Å². The zero-order chi connectivity index (χ0) is 23.4. The largest absolute Gasteiger partial charge is 0.493 e. The van der Waals surface area contributed by atoms with Gasteiger partial charge in [0.2, 0.25) is 5.91 Å². The summed E-state index contributed by atoms with van der Waals surface area (Å²) in [5, 5.41) is 2.79. The molecule has 1 heterocycles. The summed E-state index contributed by atoms with van der Waals surface area (Å²) in [5.41, 5.74) is 2.47. The number of carbonyl (C=O) groups excluding carboxylic acids is 3. The van der Waals surface area contributed by atoms with Crippen LogP contribution in [0.5, 0.6) is 11.5 Å². The number of nitrogens with zero attached hydrogens (tertiary/aromatic N) is 1. The highest BCUT2D eigenvalue weighted by atomic mass is 16.5. The van der Waals surface area contributed by atoms with E-state index in [0.717, 1.165) is 16.0 Å². The molecule has 1 N–H and O–H groups in total. The Hall–Kier alpha value is -4.13. The van der Waals surface area contributed by atoms with Crippen molar-refractivity contribution in [1.82, 2.24) is 10.2 Å². The van der Waals surface area contributed by atoms with E-state index < -0.39 is 23.8 Å². The minimum Gasteiger partial charge on any atom is -0.493 e. The monoisotopic (exact) mass is 444 g/mol. The lowest BCUT2D eigenvalue weighted by molar-refractivity contribution is -0.124. The van der Waals surface area contributed by atoms with Gasteiger partial charge < -0.3 is 14.8 Å². The molecule has 0 saturated carbocycles. The molecule has 4 rings (SSSR count). The third-order valence-corrected chi connectivity index (χ3v) is 5.52.